The summed E-state index contributed by atoms with van der Waals surface area (Å²) in [7, 11) is -3.09. The molecule has 0 atom stereocenters. The average molecular weight is 480 g/mol. The van der Waals surface area contributed by atoms with Gasteiger partial charge in [0.25, 0.3) is 0 Å². The summed E-state index contributed by atoms with van der Waals surface area (Å²) in [6.45, 7) is 0. The first-order valence-corrected chi connectivity index (χ1v) is 12.6. The fourth-order valence-corrected chi connectivity index (χ4v) is 5.30. The van der Waals surface area contributed by atoms with Crippen LogP contribution in [0.2, 0.25) is 0 Å². The van der Waals surface area contributed by atoms with Gasteiger partial charge in [0.05, 0.1) is 0 Å². The molecule has 4 nitrogen and oxygen atoms in total. The SMILES string of the molecule is O=[S+](Oc1ccccc1)(c1ccc(Oc2ccccc2)cc1)c1ccc(Oc2ccccc2)cc1. The van der Waals surface area contributed by atoms with E-state index in [2.05, 4.69) is 0 Å². The number of hydrogen-bond donors (Lipinski definition) is 0. The Bertz CT molecular complexity index is 1310. The molecule has 0 unspecified atom stereocenters. The number of ether oxygens (including phenoxy) is 2. The van der Waals surface area contributed by atoms with E-state index in [1.54, 1.807) is 60.7 Å². The quantitative estimate of drug-likeness (QED) is 0.211. The molecular formula is C30H23O4S+. The van der Waals surface area contributed by atoms with Crippen LogP contribution in [0.4, 0.5) is 0 Å². The summed E-state index contributed by atoms with van der Waals surface area (Å²) >= 11 is 0. The van der Waals surface area contributed by atoms with Gasteiger partial charge in [-0.1, -0.05) is 54.6 Å². The van der Waals surface area contributed by atoms with Crippen molar-refractivity contribution >= 4 is 10.2 Å². The zero-order valence-electron chi connectivity index (χ0n) is 18.8. The number of benzene rings is 5. The summed E-state index contributed by atoms with van der Waals surface area (Å²) < 4.78 is 32.3. The topological polar surface area (TPSA) is 44.8 Å². The Labute approximate surface area is 206 Å². The first-order chi connectivity index (χ1) is 17.2. The minimum absolute atomic E-state index is 0.520. The van der Waals surface area contributed by atoms with E-state index in [1.807, 2.05) is 78.9 Å². The van der Waals surface area contributed by atoms with E-state index >= 15 is 0 Å². The molecule has 0 bridgehead atoms. The molecule has 0 aliphatic heterocycles. The van der Waals surface area contributed by atoms with Gasteiger partial charge in [-0.3, -0.25) is 4.18 Å². The van der Waals surface area contributed by atoms with Crippen LogP contribution in [0.3, 0.4) is 0 Å². The van der Waals surface area contributed by atoms with Gasteiger partial charge in [0.1, 0.15) is 23.0 Å². The number of rotatable bonds is 8. The molecule has 0 spiro atoms. The summed E-state index contributed by atoms with van der Waals surface area (Å²) in [5, 5.41) is 0. The first kappa shape index (κ1) is 22.4. The lowest BCUT2D eigenvalue weighted by Crippen LogP contribution is -2.19. The van der Waals surface area contributed by atoms with Gasteiger partial charge in [-0.05, 0) is 64.9 Å². The lowest BCUT2D eigenvalue weighted by atomic mass is 10.3. The molecule has 0 N–H and O–H groups in total. The number of para-hydroxylation sites is 3. The molecule has 0 saturated heterocycles. The van der Waals surface area contributed by atoms with Crippen LogP contribution in [0.1, 0.15) is 0 Å². The minimum atomic E-state index is -3.09. The molecule has 172 valence electrons. The Morgan fingerprint density at radius 3 is 1.06 bits per heavy atom. The van der Waals surface area contributed by atoms with E-state index in [1.165, 1.54) is 0 Å². The standard InChI is InChI=1S/C30H23O4S/c31-35(34-28-14-8-3-9-15-28,29-20-16-26(17-21-29)32-24-10-4-1-5-11-24)30-22-18-27(19-23-30)33-25-12-6-2-7-13-25/h1-23H/q+1. The summed E-state index contributed by atoms with van der Waals surface area (Å²) in [5.41, 5.74) is 0. The number of hydrogen-bond acceptors (Lipinski definition) is 4. The molecule has 0 saturated carbocycles. The van der Waals surface area contributed by atoms with Crippen LogP contribution in [0.5, 0.6) is 28.7 Å². The van der Waals surface area contributed by atoms with E-state index in [4.69, 9.17) is 13.7 Å². The Morgan fingerprint density at radius 1 is 0.371 bits per heavy atom. The van der Waals surface area contributed by atoms with Crippen LogP contribution in [-0.4, -0.2) is 0 Å². The fraction of sp³-hybridized carbons (Fsp3) is 0. The van der Waals surface area contributed by atoms with Crippen molar-refractivity contribution < 1.29 is 17.9 Å². The van der Waals surface area contributed by atoms with Crippen LogP contribution in [0.25, 0.3) is 0 Å². The van der Waals surface area contributed by atoms with Crippen molar-refractivity contribution in [3.05, 3.63) is 140 Å². The highest BCUT2D eigenvalue weighted by atomic mass is 32.3. The van der Waals surface area contributed by atoms with Crippen molar-refractivity contribution in [2.75, 3.05) is 0 Å². The van der Waals surface area contributed by atoms with Gasteiger partial charge in [0, 0.05) is 24.3 Å². The Hall–Kier alpha value is -4.35. The van der Waals surface area contributed by atoms with Gasteiger partial charge >= 0.3 is 10.2 Å². The monoisotopic (exact) mass is 479 g/mol. The average Bonchev–Trinajstić information content (AvgIpc) is 2.91. The van der Waals surface area contributed by atoms with Gasteiger partial charge in [-0.2, -0.15) is 0 Å². The van der Waals surface area contributed by atoms with E-state index in [9.17, 15) is 4.21 Å². The second kappa shape index (κ2) is 10.3. The highest BCUT2D eigenvalue weighted by molar-refractivity contribution is 7.99. The highest BCUT2D eigenvalue weighted by Crippen LogP contribution is 2.35. The minimum Gasteiger partial charge on any atom is -0.457 e. The van der Waals surface area contributed by atoms with Gasteiger partial charge in [-0.15, -0.1) is 0 Å². The highest BCUT2D eigenvalue weighted by Gasteiger charge is 2.38. The molecule has 0 radical (unpaired) electrons. The molecule has 0 amide bonds. The third kappa shape index (κ3) is 5.42. The molecule has 5 heteroatoms. The molecule has 0 fully saturated rings. The third-order valence-electron chi connectivity index (χ3n) is 5.18. The molecular weight excluding hydrogens is 456 g/mol. The van der Waals surface area contributed by atoms with Crippen molar-refractivity contribution in [3.63, 3.8) is 0 Å². The van der Waals surface area contributed by atoms with E-state index in [0.717, 1.165) is 11.5 Å². The zero-order valence-corrected chi connectivity index (χ0v) is 19.6. The van der Waals surface area contributed by atoms with Crippen molar-refractivity contribution in [3.8, 4) is 28.7 Å². The molecule has 5 rings (SSSR count). The van der Waals surface area contributed by atoms with Gasteiger partial charge < -0.3 is 9.47 Å². The maximum Gasteiger partial charge on any atom is 0.325 e. The third-order valence-corrected chi connectivity index (χ3v) is 7.40. The van der Waals surface area contributed by atoms with Gasteiger partial charge in [-0.25, -0.2) is 0 Å². The molecule has 5 aromatic rings. The lowest BCUT2D eigenvalue weighted by Gasteiger charge is -2.13. The smallest absolute Gasteiger partial charge is 0.325 e. The summed E-state index contributed by atoms with van der Waals surface area (Å²) in [6, 6.07) is 42.5. The van der Waals surface area contributed by atoms with Gasteiger partial charge in [0.2, 0.25) is 9.79 Å². The van der Waals surface area contributed by atoms with E-state index < -0.39 is 10.2 Å². The van der Waals surface area contributed by atoms with E-state index in [0.29, 0.717) is 27.0 Å². The molecule has 0 heterocycles. The molecule has 0 aliphatic rings. The fourth-order valence-electron chi connectivity index (χ4n) is 3.47. The second-order valence-corrected chi connectivity index (χ2v) is 9.79. The predicted octanol–water partition coefficient (Wildman–Crippen LogP) is 8.18. The van der Waals surface area contributed by atoms with Gasteiger partial charge in [0.15, 0.2) is 5.75 Å². The largest absolute Gasteiger partial charge is 0.457 e. The summed E-state index contributed by atoms with van der Waals surface area (Å²) in [5.74, 6) is 3.28. The summed E-state index contributed by atoms with van der Waals surface area (Å²) in [4.78, 5) is 1.08. The normalized spacial score (nSPS) is 11.0. The van der Waals surface area contributed by atoms with Crippen molar-refractivity contribution in [2.45, 2.75) is 9.79 Å². The Kier molecular flexibility index (Phi) is 6.59. The molecule has 0 aromatic heterocycles. The zero-order chi connectivity index (χ0) is 23.9. The molecule has 35 heavy (non-hydrogen) atoms. The lowest BCUT2D eigenvalue weighted by molar-refractivity contribution is 0.480. The maximum absolute atomic E-state index is 14.4. The second-order valence-electron chi connectivity index (χ2n) is 7.67. The van der Waals surface area contributed by atoms with Crippen LogP contribution in [0.15, 0.2) is 149 Å². The molecule has 5 aromatic carbocycles. The van der Waals surface area contributed by atoms with Crippen LogP contribution in [0, 0.1) is 0 Å². The first-order valence-electron chi connectivity index (χ1n) is 11.1. The predicted molar refractivity (Wildman–Crippen MR) is 138 cm³/mol. The Morgan fingerprint density at radius 2 is 0.686 bits per heavy atom. The molecule has 0 aliphatic carbocycles. The van der Waals surface area contributed by atoms with Crippen LogP contribution < -0.4 is 13.7 Å². The van der Waals surface area contributed by atoms with E-state index in [-0.39, 0.29) is 0 Å². The maximum atomic E-state index is 14.4. The van der Waals surface area contributed by atoms with Crippen molar-refractivity contribution in [1.82, 2.24) is 0 Å². The Balaban J connectivity index is 1.45. The van der Waals surface area contributed by atoms with Crippen molar-refractivity contribution in [1.29, 1.82) is 0 Å². The summed E-state index contributed by atoms with van der Waals surface area (Å²) in [6.07, 6.45) is 0. The van der Waals surface area contributed by atoms with Crippen molar-refractivity contribution in [2.24, 2.45) is 0 Å². The van der Waals surface area contributed by atoms with Crippen LogP contribution in [-0.2, 0) is 14.4 Å². The van der Waals surface area contributed by atoms with Crippen LogP contribution >= 0.6 is 0 Å².